The lowest BCUT2D eigenvalue weighted by Crippen LogP contribution is -2.25. The van der Waals surface area contributed by atoms with E-state index in [0.29, 0.717) is 44.1 Å². The van der Waals surface area contributed by atoms with Crippen LogP contribution in [0.25, 0.3) is 5.57 Å². The van der Waals surface area contributed by atoms with Gasteiger partial charge in [-0.05, 0) is 19.0 Å². The Morgan fingerprint density at radius 1 is 0.962 bits per heavy atom. The molecule has 3 rings (SSSR count). The van der Waals surface area contributed by atoms with E-state index in [1.54, 1.807) is 0 Å². The second kappa shape index (κ2) is 9.76. The number of likely N-dealkylation sites (N-methyl/N-ethyl adjacent to an activating group) is 1. The van der Waals surface area contributed by atoms with Gasteiger partial charge in [0.1, 0.15) is 18.9 Å². The second-order valence-electron chi connectivity index (χ2n) is 5.56. The van der Waals surface area contributed by atoms with Crippen LogP contribution in [0.4, 0.5) is 0 Å². The van der Waals surface area contributed by atoms with Gasteiger partial charge < -0.3 is 23.8 Å². The van der Waals surface area contributed by atoms with Crippen LogP contribution in [0.2, 0.25) is 0 Å². The van der Waals surface area contributed by atoms with Crippen LogP contribution in [-0.4, -0.2) is 76.1 Å². The normalized spacial score (nSPS) is 14.9. The zero-order chi connectivity index (χ0) is 18.2. The largest absolute Gasteiger partial charge is 0.477 e. The first-order valence-corrected chi connectivity index (χ1v) is 9.64. The van der Waals surface area contributed by atoms with Crippen LogP contribution in [0.3, 0.4) is 0 Å². The molecule has 142 valence electrons. The first kappa shape index (κ1) is 19.0. The van der Waals surface area contributed by atoms with Crippen molar-refractivity contribution in [3.63, 3.8) is 0 Å². The summed E-state index contributed by atoms with van der Waals surface area (Å²) in [5.41, 5.74) is 2.01. The first-order chi connectivity index (χ1) is 12.8. The van der Waals surface area contributed by atoms with Gasteiger partial charge >= 0.3 is 0 Å². The topological polar surface area (TPSA) is 91.7 Å². The van der Waals surface area contributed by atoms with Gasteiger partial charge in [-0.3, -0.25) is 0 Å². The first-order valence-electron chi connectivity index (χ1n) is 8.18. The molecule has 0 saturated heterocycles. The van der Waals surface area contributed by atoms with E-state index in [4.69, 9.17) is 18.9 Å². The molecule has 0 bridgehead atoms. The van der Waals surface area contributed by atoms with Crippen LogP contribution in [-0.2, 0) is 4.74 Å². The van der Waals surface area contributed by atoms with Crippen LogP contribution in [0.15, 0.2) is 6.08 Å². The van der Waals surface area contributed by atoms with E-state index >= 15 is 0 Å². The van der Waals surface area contributed by atoms with Crippen molar-refractivity contribution in [1.82, 2.24) is 22.4 Å². The number of methoxy groups -OCH3 is 1. The van der Waals surface area contributed by atoms with Gasteiger partial charge in [0.15, 0.2) is 0 Å². The van der Waals surface area contributed by atoms with Crippen molar-refractivity contribution in [2.45, 2.75) is 6.42 Å². The number of hydrogen-bond donors (Lipinski definition) is 0. The lowest BCUT2D eigenvalue weighted by molar-refractivity contribution is 0.0738. The summed E-state index contributed by atoms with van der Waals surface area (Å²) in [6.07, 6.45) is 3.23. The fourth-order valence-electron chi connectivity index (χ4n) is 2.42. The van der Waals surface area contributed by atoms with Crippen LogP contribution >= 0.6 is 23.5 Å². The summed E-state index contributed by atoms with van der Waals surface area (Å²) >= 11 is 2.21. The zero-order valence-electron chi connectivity index (χ0n) is 14.7. The van der Waals surface area contributed by atoms with Crippen molar-refractivity contribution in [1.29, 1.82) is 0 Å². The van der Waals surface area contributed by atoms with E-state index in [9.17, 15) is 0 Å². The third-order valence-corrected chi connectivity index (χ3v) is 4.67. The lowest BCUT2D eigenvalue weighted by Gasteiger charge is -2.22. The Hall–Kier alpha value is -1.82. The van der Waals surface area contributed by atoms with Crippen LogP contribution in [0.1, 0.15) is 12.1 Å². The smallest absolute Gasteiger partial charge is 0.291 e. The molecule has 0 atom stereocenters. The van der Waals surface area contributed by atoms with Crippen molar-refractivity contribution in [3.8, 4) is 17.6 Å². The van der Waals surface area contributed by atoms with Crippen LogP contribution < -0.4 is 14.2 Å². The van der Waals surface area contributed by atoms with Gasteiger partial charge in [-0.15, -0.1) is 13.1 Å². The number of hydrogen-bond acceptors (Lipinski definition) is 11. The van der Waals surface area contributed by atoms with Crippen LogP contribution in [0, 0.1) is 0 Å². The summed E-state index contributed by atoms with van der Waals surface area (Å²) in [4.78, 5) is 2.26. The van der Waals surface area contributed by atoms with Gasteiger partial charge in [0, 0.05) is 13.1 Å². The minimum Gasteiger partial charge on any atom is -0.477 e. The molecule has 11 heteroatoms. The quantitative estimate of drug-likeness (QED) is 0.552. The Kier molecular flexibility index (Phi) is 7.12. The molecule has 0 radical (unpaired) electrons. The maximum absolute atomic E-state index is 5.73. The molecule has 3 heterocycles. The Balaban J connectivity index is 1.34. The third kappa shape index (κ3) is 5.10. The van der Waals surface area contributed by atoms with E-state index in [0.717, 1.165) is 36.9 Å². The minimum absolute atomic E-state index is 0.366. The van der Waals surface area contributed by atoms with E-state index < -0.39 is 0 Å². The molecule has 0 spiro atoms. The highest BCUT2D eigenvalue weighted by atomic mass is 32.1. The molecule has 26 heavy (non-hydrogen) atoms. The number of ether oxygens (including phenoxy) is 4. The predicted octanol–water partition coefficient (Wildman–Crippen LogP) is 1.59. The monoisotopic (exact) mass is 399 g/mol. The molecule has 1 aliphatic heterocycles. The van der Waals surface area contributed by atoms with Gasteiger partial charge in [0.05, 0.1) is 43.8 Å². The molecule has 9 nitrogen and oxygen atoms in total. The molecule has 0 aromatic carbocycles. The summed E-state index contributed by atoms with van der Waals surface area (Å²) in [7, 11) is 3.63. The zero-order valence-corrected chi connectivity index (χ0v) is 16.3. The fraction of sp³-hybridized carbons (Fsp3) is 0.600. The molecule has 0 N–H and O–H groups in total. The molecular weight excluding hydrogens is 378 g/mol. The Morgan fingerprint density at radius 2 is 1.65 bits per heavy atom. The summed E-state index contributed by atoms with van der Waals surface area (Å²) < 4.78 is 38.3. The molecule has 2 aromatic rings. The highest BCUT2D eigenvalue weighted by Crippen LogP contribution is 2.27. The Labute approximate surface area is 160 Å². The SMILES string of the molecule is COc1nsnc1OCCOCCOc1nsnc1C1=CCCN(C)C1. The van der Waals surface area contributed by atoms with Crippen molar-refractivity contribution < 1.29 is 18.9 Å². The molecular formula is C15H21N5O4S2. The van der Waals surface area contributed by atoms with Crippen molar-refractivity contribution in [3.05, 3.63) is 11.8 Å². The van der Waals surface area contributed by atoms with Gasteiger partial charge in [-0.1, -0.05) is 6.08 Å². The highest BCUT2D eigenvalue weighted by molar-refractivity contribution is 6.99. The van der Waals surface area contributed by atoms with Gasteiger partial charge in [0.2, 0.25) is 0 Å². The predicted molar refractivity (Wildman–Crippen MR) is 98.3 cm³/mol. The van der Waals surface area contributed by atoms with Crippen molar-refractivity contribution >= 4 is 29.0 Å². The Morgan fingerprint density at radius 3 is 2.42 bits per heavy atom. The molecule has 0 unspecified atom stereocenters. The number of nitrogens with zero attached hydrogens (tertiary/aromatic N) is 5. The molecule has 2 aromatic heterocycles. The van der Waals surface area contributed by atoms with Crippen molar-refractivity contribution in [2.24, 2.45) is 0 Å². The maximum Gasteiger partial charge on any atom is 0.291 e. The average Bonchev–Trinajstić information content (AvgIpc) is 3.29. The average molecular weight is 399 g/mol. The number of rotatable bonds is 10. The summed E-state index contributed by atoms with van der Waals surface area (Å²) in [5, 5.41) is 0. The molecule has 0 aliphatic carbocycles. The minimum atomic E-state index is 0.366. The van der Waals surface area contributed by atoms with Gasteiger partial charge in [-0.2, -0.15) is 4.37 Å². The fourth-order valence-corrected chi connectivity index (χ4v) is 3.42. The number of aromatic nitrogens is 4. The Bertz CT molecular complexity index is 720. The van der Waals surface area contributed by atoms with Crippen molar-refractivity contribution in [2.75, 3.05) is 53.7 Å². The van der Waals surface area contributed by atoms with Gasteiger partial charge in [-0.25, -0.2) is 0 Å². The summed E-state index contributed by atoms with van der Waals surface area (Å²) in [6, 6.07) is 0. The van der Waals surface area contributed by atoms with E-state index in [1.807, 2.05) is 0 Å². The maximum atomic E-state index is 5.73. The van der Waals surface area contributed by atoms with E-state index in [1.165, 1.54) is 24.4 Å². The summed E-state index contributed by atoms with van der Waals surface area (Å²) in [5.74, 6) is 1.36. The molecule has 0 amide bonds. The summed E-state index contributed by atoms with van der Waals surface area (Å²) in [6.45, 7) is 3.56. The van der Waals surface area contributed by atoms with E-state index in [2.05, 4.69) is 35.5 Å². The molecule has 0 fully saturated rings. The second-order valence-corrected chi connectivity index (χ2v) is 6.62. The molecule has 1 aliphatic rings. The standard InChI is InChI=1S/C15H21N5O4S2/c1-20-5-3-4-11(10-20)12-13(17-25-16-12)23-8-6-22-7-9-24-15-14(21-2)18-26-19-15/h4H,3,5-10H2,1-2H3. The highest BCUT2D eigenvalue weighted by Gasteiger charge is 2.18. The third-order valence-electron chi connectivity index (χ3n) is 3.66. The van der Waals surface area contributed by atoms with Gasteiger partial charge in [0.25, 0.3) is 17.6 Å². The lowest BCUT2D eigenvalue weighted by atomic mass is 10.1. The van der Waals surface area contributed by atoms with Crippen LogP contribution in [0.5, 0.6) is 17.6 Å². The molecule has 0 saturated carbocycles. The van der Waals surface area contributed by atoms with E-state index in [-0.39, 0.29) is 0 Å².